The SMILES string of the molecule is CCNCc1cc(F)c(F)c(S(=O)(=O)N(C)CC)c1. The monoisotopic (exact) mass is 292 g/mol. The maximum absolute atomic E-state index is 13.7. The van der Waals surface area contributed by atoms with E-state index in [9.17, 15) is 17.2 Å². The summed E-state index contributed by atoms with van der Waals surface area (Å²) in [7, 11) is -2.68. The van der Waals surface area contributed by atoms with Crippen molar-refractivity contribution in [2.24, 2.45) is 0 Å². The second-order valence-corrected chi connectivity index (χ2v) is 6.10. The van der Waals surface area contributed by atoms with Crippen molar-refractivity contribution < 1.29 is 17.2 Å². The molecule has 4 nitrogen and oxygen atoms in total. The molecule has 108 valence electrons. The van der Waals surface area contributed by atoms with E-state index in [1.807, 2.05) is 6.92 Å². The Kier molecular flexibility index (Phi) is 5.39. The molecule has 0 saturated heterocycles. The number of nitrogens with zero attached hydrogens (tertiary/aromatic N) is 1. The second-order valence-electron chi connectivity index (χ2n) is 4.09. The van der Waals surface area contributed by atoms with Gasteiger partial charge in [0.25, 0.3) is 0 Å². The molecule has 0 spiro atoms. The number of benzene rings is 1. The van der Waals surface area contributed by atoms with Crippen LogP contribution in [0, 0.1) is 11.6 Å². The van der Waals surface area contributed by atoms with Crippen LogP contribution in [0.5, 0.6) is 0 Å². The van der Waals surface area contributed by atoms with Crippen molar-refractivity contribution in [3.05, 3.63) is 29.3 Å². The lowest BCUT2D eigenvalue weighted by atomic mass is 10.2. The van der Waals surface area contributed by atoms with E-state index in [-0.39, 0.29) is 13.1 Å². The summed E-state index contributed by atoms with van der Waals surface area (Å²) in [5.41, 5.74) is 0.392. The van der Waals surface area contributed by atoms with E-state index in [0.29, 0.717) is 12.1 Å². The predicted octanol–water partition coefficient (Wildman–Crippen LogP) is 1.71. The summed E-state index contributed by atoms with van der Waals surface area (Å²) in [6, 6.07) is 2.17. The molecular weight excluding hydrogens is 274 g/mol. The fourth-order valence-corrected chi connectivity index (χ4v) is 2.81. The van der Waals surface area contributed by atoms with E-state index < -0.39 is 26.6 Å². The Morgan fingerprint density at radius 1 is 1.26 bits per heavy atom. The van der Waals surface area contributed by atoms with Crippen LogP contribution in [0.2, 0.25) is 0 Å². The van der Waals surface area contributed by atoms with Gasteiger partial charge in [0.1, 0.15) is 4.90 Å². The minimum absolute atomic E-state index is 0.181. The molecule has 7 heteroatoms. The fourth-order valence-electron chi connectivity index (χ4n) is 1.51. The summed E-state index contributed by atoms with van der Waals surface area (Å²) in [5.74, 6) is -2.49. The first-order chi connectivity index (χ1) is 8.84. The van der Waals surface area contributed by atoms with Crippen LogP contribution >= 0.6 is 0 Å². The first kappa shape index (κ1) is 16.0. The maximum Gasteiger partial charge on any atom is 0.245 e. The third kappa shape index (κ3) is 3.49. The molecule has 1 aromatic rings. The topological polar surface area (TPSA) is 49.4 Å². The van der Waals surface area contributed by atoms with E-state index in [4.69, 9.17) is 0 Å². The van der Waals surface area contributed by atoms with Crippen LogP contribution in [0.25, 0.3) is 0 Å². The average molecular weight is 292 g/mol. The zero-order chi connectivity index (χ0) is 14.6. The van der Waals surface area contributed by atoms with Crippen LogP contribution < -0.4 is 5.32 Å². The van der Waals surface area contributed by atoms with Crippen molar-refractivity contribution in [3.8, 4) is 0 Å². The van der Waals surface area contributed by atoms with E-state index >= 15 is 0 Å². The third-order valence-electron chi connectivity index (χ3n) is 2.77. The summed E-state index contributed by atoms with van der Waals surface area (Å²) in [6.45, 7) is 4.60. The highest BCUT2D eigenvalue weighted by molar-refractivity contribution is 7.89. The van der Waals surface area contributed by atoms with Crippen LogP contribution in [0.1, 0.15) is 19.4 Å². The number of hydrogen-bond donors (Lipinski definition) is 1. The van der Waals surface area contributed by atoms with Gasteiger partial charge in [0, 0.05) is 20.1 Å². The number of rotatable bonds is 6. The molecule has 1 N–H and O–H groups in total. The molecule has 0 aliphatic carbocycles. The molecule has 1 aromatic carbocycles. The number of sulfonamides is 1. The quantitative estimate of drug-likeness (QED) is 0.868. The molecule has 0 aromatic heterocycles. The minimum Gasteiger partial charge on any atom is -0.313 e. The molecule has 0 aliphatic heterocycles. The van der Waals surface area contributed by atoms with Gasteiger partial charge in [0.2, 0.25) is 10.0 Å². The molecule has 0 saturated carbocycles. The molecule has 0 unspecified atom stereocenters. The summed E-state index contributed by atoms with van der Waals surface area (Å²) >= 11 is 0. The molecule has 0 fully saturated rings. The Morgan fingerprint density at radius 3 is 2.42 bits per heavy atom. The van der Waals surface area contributed by atoms with Crippen LogP contribution in [0.3, 0.4) is 0 Å². The molecule has 0 atom stereocenters. The lowest BCUT2D eigenvalue weighted by Gasteiger charge is -2.16. The van der Waals surface area contributed by atoms with E-state index in [1.165, 1.54) is 13.1 Å². The molecule has 0 radical (unpaired) electrons. The molecule has 0 bridgehead atoms. The van der Waals surface area contributed by atoms with Gasteiger partial charge >= 0.3 is 0 Å². The zero-order valence-electron chi connectivity index (χ0n) is 11.2. The standard InChI is InChI=1S/C12H18F2N2O2S/c1-4-15-8-9-6-10(13)12(14)11(7-9)19(17,18)16(3)5-2/h6-7,15H,4-5,8H2,1-3H3. The Hall–Kier alpha value is -1.05. The second kappa shape index (κ2) is 6.40. The van der Waals surface area contributed by atoms with E-state index in [1.54, 1.807) is 6.92 Å². The molecule has 19 heavy (non-hydrogen) atoms. The van der Waals surface area contributed by atoms with Crippen LogP contribution in [0.15, 0.2) is 17.0 Å². The zero-order valence-corrected chi connectivity index (χ0v) is 12.0. The van der Waals surface area contributed by atoms with Crippen LogP contribution in [0.4, 0.5) is 8.78 Å². The van der Waals surface area contributed by atoms with Crippen molar-refractivity contribution in [1.29, 1.82) is 0 Å². The largest absolute Gasteiger partial charge is 0.313 e. The summed E-state index contributed by atoms with van der Waals surface area (Å²) < 4.78 is 52.3. The van der Waals surface area contributed by atoms with Crippen molar-refractivity contribution >= 4 is 10.0 Å². The number of hydrogen-bond acceptors (Lipinski definition) is 3. The van der Waals surface area contributed by atoms with Crippen molar-refractivity contribution in [1.82, 2.24) is 9.62 Å². The lowest BCUT2D eigenvalue weighted by molar-refractivity contribution is 0.457. The normalized spacial score (nSPS) is 12.1. The van der Waals surface area contributed by atoms with Crippen LogP contribution in [-0.4, -0.2) is 32.9 Å². The molecule has 1 rings (SSSR count). The smallest absolute Gasteiger partial charge is 0.245 e. The van der Waals surface area contributed by atoms with Gasteiger partial charge in [-0.25, -0.2) is 21.5 Å². The van der Waals surface area contributed by atoms with E-state index in [2.05, 4.69) is 5.32 Å². The fraction of sp³-hybridized carbons (Fsp3) is 0.500. The highest BCUT2D eigenvalue weighted by Gasteiger charge is 2.26. The first-order valence-electron chi connectivity index (χ1n) is 5.99. The van der Waals surface area contributed by atoms with Crippen molar-refractivity contribution in [2.45, 2.75) is 25.3 Å². The minimum atomic E-state index is -4.00. The van der Waals surface area contributed by atoms with Gasteiger partial charge in [-0.05, 0) is 24.2 Å². The Morgan fingerprint density at radius 2 is 1.89 bits per heavy atom. The van der Waals surface area contributed by atoms with Crippen molar-refractivity contribution in [2.75, 3.05) is 20.1 Å². The Labute approximate surface area is 112 Å². The van der Waals surface area contributed by atoms with Gasteiger partial charge < -0.3 is 5.32 Å². The highest BCUT2D eigenvalue weighted by atomic mass is 32.2. The third-order valence-corrected chi connectivity index (χ3v) is 4.70. The first-order valence-corrected chi connectivity index (χ1v) is 7.43. The number of nitrogens with one attached hydrogen (secondary N) is 1. The van der Waals surface area contributed by atoms with E-state index in [0.717, 1.165) is 10.4 Å². The van der Waals surface area contributed by atoms with Crippen molar-refractivity contribution in [3.63, 3.8) is 0 Å². The highest BCUT2D eigenvalue weighted by Crippen LogP contribution is 2.22. The Balaban J connectivity index is 3.30. The summed E-state index contributed by atoms with van der Waals surface area (Å²) in [4.78, 5) is -0.621. The van der Waals surface area contributed by atoms with Gasteiger partial charge in [-0.15, -0.1) is 0 Å². The lowest BCUT2D eigenvalue weighted by Crippen LogP contribution is -2.28. The number of halogens is 2. The summed E-state index contributed by atoms with van der Waals surface area (Å²) in [5, 5.41) is 2.94. The van der Waals surface area contributed by atoms with Gasteiger partial charge in [-0.2, -0.15) is 0 Å². The molecule has 0 heterocycles. The predicted molar refractivity (Wildman–Crippen MR) is 69.2 cm³/mol. The van der Waals surface area contributed by atoms with Gasteiger partial charge in [0.15, 0.2) is 11.6 Å². The summed E-state index contributed by atoms with van der Waals surface area (Å²) in [6.07, 6.45) is 0. The van der Waals surface area contributed by atoms with Crippen LogP contribution in [-0.2, 0) is 16.6 Å². The van der Waals surface area contributed by atoms with Gasteiger partial charge in [-0.1, -0.05) is 13.8 Å². The maximum atomic E-state index is 13.7. The average Bonchev–Trinajstić information content (AvgIpc) is 2.38. The van der Waals surface area contributed by atoms with Gasteiger partial charge in [0.05, 0.1) is 0 Å². The van der Waals surface area contributed by atoms with Gasteiger partial charge in [-0.3, -0.25) is 0 Å². The Bertz CT molecular complexity index is 547. The molecule has 0 aliphatic rings. The molecular formula is C12H18F2N2O2S. The molecule has 0 amide bonds.